The Hall–Kier alpha value is -5.01. The molecule has 8 rings (SSSR count). The lowest BCUT2D eigenvalue weighted by Crippen LogP contribution is -2.56. The molecule has 4 atom stereocenters. The van der Waals surface area contributed by atoms with E-state index in [1.807, 2.05) is 4.90 Å². The number of aliphatic imine (C=N–C) groups is 2. The summed E-state index contributed by atoms with van der Waals surface area (Å²) in [6, 6.07) is 21.4. The van der Waals surface area contributed by atoms with Crippen LogP contribution in [0, 0.1) is 11.8 Å². The molecule has 0 bridgehead atoms. The van der Waals surface area contributed by atoms with Crippen LogP contribution in [0.3, 0.4) is 0 Å². The Kier molecular flexibility index (Phi) is 13.4. The minimum Gasteiger partial charge on any atom is -0.453 e. The first-order valence-electron chi connectivity index (χ1n) is 21.7. The first-order chi connectivity index (χ1) is 28.9. The van der Waals surface area contributed by atoms with Gasteiger partial charge < -0.3 is 40.4 Å². The number of nitrogens with zero attached hydrogens (tertiary/aromatic N) is 3. The van der Waals surface area contributed by atoms with E-state index >= 15 is 0 Å². The fraction of sp³-hybridized carbons (Fsp3) is 0.543. The second kappa shape index (κ2) is 19.4. The summed E-state index contributed by atoms with van der Waals surface area (Å²) in [5.41, 5.74) is 4.73. The minimum absolute atomic E-state index is 0.000628. The predicted octanol–water partition coefficient (Wildman–Crippen LogP) is 5.84. The van der Waals surface area contributed by atoms with Crippen molar-refractivity contribution < 1.29 is 28.6 Å². The van der Waals surface area contributed by atoms with Crippen LogP contribution >= 0.6 is 0 Å². The maximum Gasteiger partial charge on any atom is 0.407 e. The van der Waals surface area contributed by atoms with Crippen LogP contribution in [0.15, 0.2) is 70.6 Å². The van der Waals surface area contributed by atoms with E-state index < -0.39 is 12.1 Å². The number of nitrogens with one attached hydrogen (secondary N) is 4. The number of hydrogen-bond acceptors (Lipinski definition) is 10. The summed E-state index contributed by atoms with van der Waals surface area (Å²) in [5, 5.41) is 15.6. The van der Waals surface area contributed by atoms with Gasteiger partial charge in [0.1, 0.15) is 11.9 Å². The van der Waals surface area contributed by atoms with Crippen LogP contribution in [-0.4, -0.2) is 106 Å². The van der Waals surface area contributed by atoms with Gasteiger partial charge in [-0.05, 0) is 108 Å². The molecule has 2 unspecified atom stereocenters. The van der Waals surface area contributed by atoms with Gasteiger partial charge in [-0.2, -0.15) is 0 Å². The summed E-state index contributed by atoms with van der Waals surface area (Å²) in [4.78, 5) is 50.2. The minimum atomic E-state index is -0.651. The predicted molar refractivity (Wildman–Crippen MR) is 228 cm³/mol. The van der Waals surface area contributed by atoms with E-state index in [1.165, 1.54) is 34.6 Å². The van der Waals surface area contributed by atoms with Gasteiger partial charge in [0.2, 0.25) is 11.8 Å². The summed E-state index contributed by atoms with van der Waals surface area (Å²) in [6.45, 7) is 5.40. The normalized spacial score (nSPS) is 22.9. The first-order valence-corrected chi connectivity index (χ1v) is 21.7. The number of rotatable bonds is 14. The van der Waals surface area contributed by atoms with Crippen molar-refractivity contribution in [1.82, 2.24) is 26.2 Å². The number of methoxy groups -OCH3 is 1. The maximum atomic E-state index is 14.0. The first kappa shape index (κ1) is 40.8. The Morgan fingerprint density at radius 3 is 2.31 bits per heavy atom. The molecule has 0 aromatic heterocycles. The van der Waals surface area contributed by atoms with Crippen LogP contribution in [0.25, 0.3) is 21.9 Å². The van der Waals surface area contributed by atoms with Crippen LogP contribution in [0.4, 0.5) is 4.79 Å². The monoisotopic (exact) mass is 805 g/mol. The fourth-order valence-corrected chi connectivity index (χ4v) is 9.29. The Morgan fingerprint density at radius 2 is 1.51 bits per heavy atom. The van der Waals surface area contributed by atoms with Crippen LogP contribution in [0.2, 0.25) is 0 Å². The molecule has 5 heterocycles. The number of hydrogen-bond donors (Lipinski definition) is 4. The van der Waals surface area contributed by atoms with E-state index in [9.17, 15) is 14.4 Å². The van der Waals surface area contributed by atoms with E-state index in [1.54, 1.807) is 0 Å². The standard InChI is InChI=1S/C46H59N7O6/c1-57-46(56)52-43(33-17-23-59-24-18-33)45(55)53-20-4-5-40(53)44-49-29-39(51-44)37-14-13-35-26-34(11-12-36(35)27-37)31-7-9-32(10-8-31)38-28-48-41(50-38)6-2-3-19-47-42(54)25-30-15-21-58-22-16-30/h7-14,26-27,30,33,38-40,43H,2-6,15-25,28-29H2,1H3,(H,47,54)(H,48,50)(H,49,51)(H,52,56)/t38?,39?,40-,43-/m0/s1. The van der Waals surface area contributed by atoms with Gasteiger partial charge in [0, 0.05) is 52.4 Å². The topological polar surface area (TPSA) is 155 Å². The van der Waals surface area contributed by atoms with E-state index in [0.29, 0.717) is 58.0 Å². The largest absolute Gasteiger partial charge is 0.453 e. The molecule has 3 aromatic rings. The van der Waals surface area contributed by atoms with Gasteiger partial charge in [0.05, 0.1) is 44.2 Å². The van der Waals surface area contributed by atoms with E-state index in [0.717, 1.165) is 81.9 Å². The molecule has 5 aliphatic heterocycles. The molecular weight excluding hydrogens is 747 g/mol. The zero-order valence-electron chi connectivity index (χ0n) is 34.3. The summed E-state index contributed by atoms with van der Waals surface area (Å²) < 4.78 is 15.8. The van der Waals surface area contributed by atoms with E-state index in [4.69, 9.17) is 24.2 Å². The molecular formula is C46H59N7O6. The number of carbonyl (C=O) groups excluding carboxylic acids is 3. The smallest absolute Gasteiger partial charge is 0.407 e. The third-order valence-electron chi connectivity index (χ3n) is 12.8. The number of ether oxygens (including phenoxy) is 3. The third-order valence-corrected chi connectivity index (χ3v) is 12.8. The Balaban J connectivity index is 0.812. The highest BCUT2D eigenvalue weighted by molar-refractivity contribution is 5.96. The average Bonchev–Trinajstić information content (AvgIpc) is 4.08. The van der Waals surface area contributed by atoms with E-state index in [2.05, 4.69) is 81.9 Å². The van der Waals surface area contributed by atoms with Gasteiger partial charge in [-0.25, -0.2) is 4.79 Å². The summed E-state index contributed by atoms with van der Waals surface area (Å²) in [5.74, 6) is 2.44. The highest BCUT2D eigenvalue weighted by Crippen LogP contribution is 2.31. The summed E-state index contributed by atoms with van der Waals surface area (Å²) >= 11 is 0. The van der Waals surface area contributed by atoms with Crippen molar-refractivity contribution in [1.29, 1.82) is 0 Å². The molecule has 0 saturated carbocycles. The molecule has 59 heavy (non-hydrogen) atoms. The lowest BCUT2D eigenvalue weighted by Gasteiger charge is -2.34. The molecule has 314 valence electrons. The van der Waals surface area contributed by atoms with Gasteiger partial charge in [0.25, 0.3) is 0 Å². The lowest BCUT2D eigenvalue weighted by atomic mass is 9.90. The Morgan fingerprint density at radius 1 is 0.814 bits per heavy atom. The highest BCUT2D eigenvalue weighted by Gasteiger charge is 2.41. The summed E-state index contributed by atoms with van der Waals surface area (Å²) in [7, 11) is 1.33. The van der Waals surface area contributed by atoms with Crippen molar-refractivity contribution >= 4 is 40.4 Å². The SMILES string of the molecule is COC(=O)N[C@H](C(=O)N1CCC[C@H]1C1=NCC(c2ccc3cc(-c4ccc(C5CN=C(CCCCNC(=O)CC6CCOCC6)N5)cc4)ccc3c2)N1)C1CCOCC1. The lowest BCUT2D eigenvalue weighted by molar-refractivity contribution is -0.135. The highest BCUT2D eigenvalue weighted by atomic mass is 16.5. The second-order valence-electron chi connectivity index (χ2n) is 16.7. The van der Waals surface area contributed by atoms with Crippen molar-refractivity contribution in [2.75, 3.05) is 59.7 Å². The number of carbonyl (C=O) groups is 3. The van der Waals surface area contributed by atoms with Crippen LogP contribution < -0.4 is 21.3 Å². The van der Waals surface area contributed by atoms with Crippen molar-refractivity contribution in [3.8, 4) is 11.1 Å². The van der Waals surface area contributed by atoms with Gasteiger partial charge in [0.15, 0.2) is 0 Å². The van der Waals surface area contributed by atoms with Crippen molar-refractivity contribution in [3.63, 3.8) is 0 Å². The maximum absolute atomic E-state index is 14.0. The number of benzene rings is 3. The second-order valence-corrected chi connectivity index (χ2v) is 16.7. The van der Waals surface area contributed by atoms with Crippen LogP contribution in [0.1, 0.15) is 87.4 Å². The summed E-state index contributed by atoms with van der Waals surface area (Å²) in [6.07, 6.45) is 7.97. The molecule has 0 spiro atoms. The van der Waals surface area contributed by atoms with Crippen LogP contribution in [-0.2, 0) is 23.8 Å². The quantitative estimate of drug-likeness (QED) is 0.148. The van der Waals surface area contributed by atoms with Crippen molar-refractivity contribution in [2.24, 2.45) is 21.8 Å². The van der Waals surface area contributed by atoms with Gasteiger partial charge in [-0.15, -0.1) is 0 Å². The van der Waals surface area contributed by atoms with Gasteiger partial charge >= 0.3 is 6.09 Å². The number of amides is 3. The third kappa shape index (κ3) is 10.1. The molecule has 3 fully saturated rings. The molecule has 13 nitrogen and oxygen atoms in total. The van der Waals surface area contributed by atoms with Gasteiger partial charge in [-0.3, -0.25) is 19.6 Å². The zero-order chi connectivity index (χ0) is 40.6. The van der Waals surface area contributed by atoms with Crippen molar-refractivity contribution in [3.05, 3.63) is 71.8 Å². The number of unbranched alkanes of at least 4 members (excludes halogenated alkanes) is 1. The van der Waals surface area contributed by atoms with Gasteiger partial charge in [-0.1, -0.05) is 48.5 Å². The zero-order valence-corrected chi connectivity index (χ0v) is 34.3. The van der Waals surface area contributed by atoms with E-state index in [-0.39, 0.29) is 35.9 Å². The van der Waals surface area contributed by atoms with Crippen LogP contribution in [0.5, 0.6) is 0 Å². The fourth-order valence-electron chi connectivity index (χ4n) is 9.29. The van der Waals surface area contributed by atoms with Crippen molar-refractivity contribution in [2.45, 2.75) is 88.4 Å². The number of amidine groups is 2. The number of likely N-dealkylation sites (tertiary alicyclic amines) is 1. The molecule has 0 radical (unpaired) electrons. The number of fused-ring (bicyclic) bond motifs is 1. The molecule has 4 N–H and O–H groups in total. The average molecular weight is 806 g/mol. The molecule has 0 aliphatic carbocycles. The molecule has 3 amide bonds. The molecule has 13 heteroatoms. The Labute approximate surface area is 347 Å². The Bertz CT molecular complexity index is 2010. The number of alkyl carbamates (subject to hydrolysis) is 1. The molecule has 3 saturated heterocycles. The molecule has 5 aliphatic rings. The molecule has 3 aromatic carbocycles.